The second kappa shape index (κ2) is 18.5. The second-order valence-corrected chi connectivity index (χ2v) is 9.51. The van der Waals surface area contributed by atoms with E-state index < -0.39 is 5.06 Å². The number of aliphatic hydroxyl groups excluding tert-OH is 1. The average molecular weight is 487 g/mol. The van der Waals surface area contributed by atoms with Gasteiger partial charge in [-0.1, -0.05) is 89.2 Å². The molecule has 0 fully saturated rings. The lowest BCUT2D eigenvalue weighted by Crippen LogP contribution is -2.32. The summed E-state index contributed by atoms with van der Waals surface area (Å²) in [4.78, 5) is 2.41. The fourth-order valence-corrected chi connectivity index (χ4v) is 4.30. The molecule has 0 saturated carbocycles. The van der Waals surface area contributed by atoms with E-state index in [0.29, 0.717) is 0 Å². The average Bonchev–Trinajstić information content (AvgIpc) is 2.79. The molecule has 0 heterocycles. The monoisotopic (exact) mass is 486 g/mol. The molecule has 186 valence electrons. The molecular weight excluding hydrogens is 440 g/mol. The highest BCUT2D eigenvalue weighted by Crippen LogP contribution is 2.37. The maximum absolute atomic E-state index is 10.1. The van der Waals surface area contributed by atoms with Gasteiger partial charge in [0.1, 0.15) is 5.76 Å². The molecule has 2 N–H and O–H groups in total. The zero-order valence-corrected chi connectivity index (χ0v) is 23.0. The Morgan fingerprint density at radius 1 is 1.22 bits per heavy atom. The third-order valence-electron chi connectivity index (χ3n) is 4.87. The Balaban J connectivity index is 0.00000466. The number of halogens is 1. The lowest BCUT2D eigenvalue weighted by molar-refractivity contribution is 0.125. The van der Waals surface area contributed by atoms with E-state index in [1.807, 2.05) is 52.0 Å². The van der Waals surface area contributed by atoms with Gasteiger partial charge in [0.2, 0.25) is 0 Å². The molecule has 0 radical (unpaired) electrons. The standard InChI is InChI=1S/C24H41ClN2O2S.C2H6/c1-6-10-13-14-24(5,25)29-22-18-21(27(15-11-7-2)16-12-8-3)20(19-28)17-23(22)30-26-9-4;1-2/h6,10,13-14,18,23,26,28H,7-9,11-12,15-17,19H2,1-5H3;1-2H3/b10-6-,14-13-;. The van der Waals surface area contributed by atoms with Crippen LogP contribution < -0.4 is 4.72 Å². The molecule has 2 atom stereocenters. The van der Waals surface area contributed by atoms with E-state index in [2.05, 4.69) is 36.5 Å². The maximum atomic E-state index is 10.1. The van der Waals surface area contributed by atoms with Crippen LogP contribution in [-0.2, 0) is 4.74 Å². The van der Waals surface area contributed by atoms with Crippen molar-refractivity contribution in [3.05, 3.63) is 47.4 Å². The number of hydrogen-bond donors (Lipinski definition) is 2. The molecule has 1 rings (SSSR count). The van der Waals surface area contributed by atoms with Crippen molar-refractivity contribution in [3.8, 4) is 0 Å². The zero-order chi connectivity index (χ0) is 24.4. The minimum Gasteiger partial charge on any atom is -0.472 e. The number of aliphatic hydroxyl groups is 1. The number of allylic oxidation sites excluding steroid dienone is 4. The van der Waals surface area contributed by atoms with Gasteiger partial charge in [-0.15, -0.1) is 0 Å². The Kier molecular flexibility index (Phi) is 18.0. The number of nitrogens with one attached hydrogen (secondary N) is 1. The number of ether oxygens (including phenoxy) is 1. The van der Waals surface area contributed by atoms with Crippen molar-refractivity contribution in [2.24, 2.45) is 0 Å². The number of nitrogens with zero attached hydrogens (tertiary/aromatic N) is 1. The Bertz CT molecular complexity index is 607. The Hall–Kier alpha value is -0.880. The molecule has 0 amide bonds. The number of alkyl halides is 1. The molecule has 2 unspecified atom stereocenters. The first kappa shape index (κ1) is 31.1. The summed E-state index contributed by atoms with van der Waals surface area (Å²) in [6.07, 6.45) is 15.1. The van der Waals surface area contributed by atoms with Gasteiger partial charge in [-0.3, -0.25) is 4.72 Å². The minimum atomic E-state index is -0.935. The molecule has 0 aromatic rings. The zero-order valence-electron chi connectivity index (χ0n) is 21.4. The fraction of sp³-hybridized carbons (Fsp3) is 0.692. The van der Waals surface area contributed by atoms with Crippen LogP contribution in [0.3, 0.4) is 0 Å². The van der Waals surface area contributed by atoms with E-state index in [9.17, 15) is 5.11 Å². The summed E-state index contributed by atoms with van der Waals surface area (Å²) in [5.74, 6) is 0.855. The topological polar surface area (TPSA) is 44.7 Å². The first-order valence-corrected chi connectivity index (χ1v) is 13.5. The van der Waals surface area contributed by atoms with Gasteiger partial charge in [0.05, 0.1) is 11.9 Å². The third-order valence-corrected chi connectivity index (χ3v) is 6.21. The molecule has 4 nitrogen and oxygen atoms in total. The highest BCUT2D eigenvalue weighted by Gasteiger charge is 2.31. The first-order valence-electron chi connectivity index (χ1n) is 12.3. The van der Waals surface area contributed by atoms with Crippen molar-refractivity contribution >= 4 is 23.5 Å². The molecular formula is C26H47ClN2O2S. The van der Waals surface area contributed by atoms with Crippen molar-refractivity contribution in [2.75, 3.05) is 26.2 Å². The van der Waals surface area contributed by atoms with Crippen molar-refractivity contribution in [3.63, 3.8) is 0 Å². The van der Waals surface area contributed by atoms with Gasteiger partial charge in [0.15, 0.2) is 5.06 Å². The maximum Gasteiger partial charge on any atom is 0.198 e. The Labute approximate surface area is 207 Å². The van der Waals surface area contributed by atoms with Gasteiger partial charge in [0.25, 0.3) is 0 Å². The fourth-order valence-electron chi connectivity index (χ4n) is 3.25. The molecule has 0 aromatic heterocycles. The van der Waals surface area contributed by atoms with E-state index in [1.54, 1.807) is 11.9 Å². The second-order valence-electron chi connectivity index (χ2n) is 7.67. The molecule has 0 spiro atoms. The SMILES string of the molecule is C/C=C\C=C/C(C)(Cl)OC1=CC(N(CCCC)CCCC)=C(CO)CC1SNCC.CC. The van der Waals surface area contributed by atoms with Crippen LogP contribution in [0, 0.1) is 0 Å². The predicted molar refractivity (Wildman–Crippen MR) is 144 cm³/mol. The molecule has 32 heavy (non-hydrogen) atoms. The van der Waals surface area contributed by atoms with Gasteiger partial charge in [-0.25, -0.2) is 0 Å². The van der Waals surface area contributed by atoms with Gasteiger partial charge in [0, 0.05) is 31.4 Å². The quantitative estimate of drug-likeness (QED) is 0.146. The predicted octanol–water partition coefficient (Wildman–Crippen LogP) is 7.18. The van der Waals surface area contributed by atoms with Crippen LogP contribution >= 0.6 is 23.5 Å². The van der Waals surface area contributed by atoms with E-state index >= 15 is 0 Å². The molecule has 1 aliphatic carbocycles. The van der Waals surface area contributed by atoms with Crippen molar-refractivity contribution in [1.82, 2.24) is 9.62 Å². The van der Waals surface area contributed by atoms with Crippen LogP contribution in [0.25, 0.3) is 0 Å². The number of unbranched alkanes of at least 4 members (excludes halogenated alkanes) is 2. The number of rotatable bonds is 15. The van der Waals surface area contributed by atoms with Crippen LogP contribution in [0.2, 0.25) is 0 Å². The van der Waals surface area contributed by atoms with E-state index in [4.69, 9.17) is 16.3 Å². The minimum absolute atomic E-state index is 0.0659. The molecule has 0 aromatic carbocycles. The van der Waals surface area contributed by atoms with E-state index in [-0.39, 0.29) is 11.9 Å². The summed E-state index contributed by atoms with van der Waals surface area (Å²) in [7, 11) is 0. The summed E-state index contributed by atoms with van der Waals surface area (Å²) in [6.45, 7) is 17.2. The summed E-state index contributed by atoms with van der Waals surface area (Å²) in [5.41, 5.74) is 2.18. The molecule has 1 aliphatic rings. The Morgan fingerprint density at radius 2 is 1.84 bits per heavy atom. The van der Waals surface area contributed by atoms with E-state index in [0.717, 1.165) is 68.8 Å². The van der Waals surface area contributed by atoms with Crippen LogP contribution in [0.1, 0.15) is 80.6 Å². The third kappa shape index (κ3) is 11.8. The largest absolute Gasteiger partial charge is 0.472 e. The van der Waals surface area contributed by atoms with Crippen molar-refractivity contribution in [2.45, 2.75) is 90.9 Å². The van der Waals surface area contributed by atoms with Crippen LogP contribution in [-0.4, -0.2) is 46.6 Å². The van der Waals surface area contributed by atoms with E-state index in [1.165, 1.54) is 0 Å². The molecule has 0 bridgehead atoms. The van der Waals surface area contributed by atoms with Crippen LogP contribution in [0.4, 0.5) is 0 Å². The van der Waals surface area contributed by atoms with Gasteiger partial charge >= 0.3 is 0 Å². The highest BCUT2D eigenvalue weighted by molar-refractivity contribution is 7.98. The van der Waals surface area contributed by atoms with Gasteiger partial charge < -0.3 is 14.7 Å². The summed E-state index contributed by atoms with van der Waals surface area (Å²) >= 11 is 8.32. The van der Waals surface area contributed by atoms with Crippen LogP contribution in [0.5, 0.6) is 0 Å². The normalized spacial score (nSPS) is 18.4. The van der Waals surface area contributed by atoms with Crippen molar-refractivity contribution in [1.29, 1.82) is 0 Å². The lowest BCUT2D eigenvalue weighted by Gasteiger charge is -2.35. The Morgan fingerprint density at radius 3 is 2.34 bits per heavy atom. The van der Waals surface area contributed by atoms with Crippen molar-refractivity contribution < 1.29 is 9.84 Å². The van der Waals surface area contributed by atoms with Gasteiger partial charge in [-0.05, 0) is 44.8 Å². The summed E-state index contributed by atoms with van der Waals surface area (Å²) in [5, 5.41) is 9.28. The lowest BCUT2D eigenvalue weighted by atomic mass is 9.99. The number of hydrogen-bond acceptors (Lipinski definition) is 5. The summed E-state index contributed by atoms with van der Waals surface area (Å²) < 4.78 is 9.67. The smallest absolute Gasteiger partial charge is 0.198 e. The summed E-state index contributed by atoms with van der Waals surface area (Å²) in [6, 6.07) is 0. The van der Waals surface area contributed by atoms with Crippen LogP contribution in [0.15, 0.2) is 47.4 Å². The van der Waals surface area contributed by atoms with Gasteiger partial charge in [-0.2, -0.15) is 0 Å². The molecule has 0 saturated heterocycles. The molecule has 0 aliphatic heterocycles. The molecule has 6 heteroatoms. The highest BCUT2D eigenvalue weighted by atomic mass is 35.5. The first-order chi connectivity index (χ1) is 15.4.